The molecule has 0 bridgehead atoms. The minimum atomic E-state index is 0.379. The van der Waals surface area contributed by atoms with Crippen LogP contribution in [0.3, 0.4) is 0 Å². The Balaban J connectivity index is 2.01. The summed E-state index contributed by atoms with van der Waals surface area (Å²) in [4.78, 5) is 4.66. The molecule has 1 aliphatic carbocycles. The van der Waals surface area contributed by atoms with Gasteiger partial charge in [0.2, 0.25) is 5.96 Å². The first-order valence-corrected chi connectivity index (χ1v) is 7.21. The van der Waals surface area contributed by atoms with Crippen molar-refractivity contribution < 1.29 is 4.74 Å². The lowest BCUT2D eigenvalue weighted by atomic mass is 9.96. The Hall–Kier alpha value is -1.59. The Morgan fingerprint density at radius 1 is 1.35 bits per heavy atom. The lowest BCUT2D eigenvalue weighted by molar-refractivity contribution is 0.185. The molecule has 0 atom stereocenters. The first-order chi connectivity index (χ1) is 9.81. The summed E-state index contributed by atoms with van der Waals surface area (Å²) in [6, 6.07) is 8.43. The summed E-state index contributed by atoms with van der Waals surface area (Å²) in [6.07, 6.45) is 6.14. The van der Waals surface area contributed by atoms with E-state index in [1.807, 2.05) is 24.3 Å². The number of ether oxygens (including phenoxy) is 1. The Kier molecular flexibility index (Phi) is 5.83. The van der Waals surface area contributed by atoms with Crippen molar-refractivity contribution in [3.05, 3.63) is 29.8 Å². The van der Waals surface area contributed by atoms with Crippen LogP contribution in [-0.4, -0.2) is 19.1 Å². The van der Waals surface area contributed by atoms with Crippen LogP contribution in [0.15, 0.2) is 29.3 Å². The summed E-state index contributed by atoms with van der Waals surface area (Å²) in [5.41, 5.74) is 4.74. The number of methoxy groups -OCH3 is 1. The van der Waals surface area contributed by atoms with Crippen LogP contribution in [0.4, 0.5) is 5.69 Å². The molecule has 1 aromatic carbocycles. The zero-order valence-corrected chi connectivity index (χ0v) is 12.1. The molecule has 110 valence electrons. The van der Waals surface area contributed by atoms with E-state index >= 15 is 0 Å². The molecule has 0 saturated heterocycles. The number of guanidine groups is 1. The zero-order valence-electron chi connectivity index (χ0n) is 12.1. The standard InChI is InChI=1S/C15H24N4O/c1-20-11-12-6-5-9-14(10-12)18-15(19-16)17-13-7-3-2-4-8-13/h5-6,9-10,13H,2-4,7-8,11,16H2,1H3,(H2,17,18,19). The van der Waals surface area contributed by atoms with E-state index in [0.29, 0.717) is 18.6 Å². The molecule has 0 amide bonds. The minimum absolute atomic E-state index is 0.379. The van der Waals surface area contributed by atoms with Gasteiger partial charge in [-0.2, -0.15) is 0 Å². The number of aliphatic imine (C=N–C) groups is 1. The van der Waals surface area contributed by atoms with Crippen molar-refractivity contribution in [3.8, 4) is 0 Å². The van der Waals surface area contributed by atoms with E-state index in [1.165, 1.54) is 19.3 Å². The van der Waals surface area contributed by atoms with E-state index in [9.17, 15) is 0 Å². The highest BCUT2D eigenvalue weighted by molar-refractivity contribution is 5.93. The fraction of sp³-hybridized carbons (Fsp3) is 0.533. The third-order valence-corrected chi connectivity index (χ3v) is 3.52. The number of hydrogen-bond donors (Lipinski definition) is 3. The van der Waals surface area contributed by atoms with Gasteiger partial charge in [-0.3, -0.25) is 5.43 Å². The fourth-order valence-electron chi connectivity index (χ4n) is 2.54. The molecule has 1 fully saturated rings. The Morgan fingerprint density at radius 2 is 2.15 bits per heavy atom. The molecule has 5 nitrogen and oxygen atoms in total. The van der Waals surface area contributed by atoms with Crippen LogP contribution in [0.5, 0.6) is 0 Å². The van der Waals surface area contributed by atoms with Gasteiger partial charge in [0.1, 0.15) is 0 Å². The molecule has 0 unspecified atom stereocenters. The average molecular weight is 276 g/mol. The number of hydrogen-bond acceptors (Lipinski definition) is 3. The molecular formula is C15H24N4O. The zero-order chi connectivity index (χ0) is 14.2. The summed E-state index contributed by atoms with van der Waals surface area (Å²) in [5.74, 6) is 6.20. The van der Waals surface area contributed by atoms with E-state index in [1.54, 1.807) is 7.11 Å². The number of anilines is 1. The smallest absolute Gasteiger partial charge is 0.210 e. The van der Waals surface area contributed by atoms with Crippen LogP contribution in [0.25, 0.3) is 0 Å². The average Bonchev–Trinajstić information content (AvgIpc) is 2.48. The highest BCUT2D eigenvalue weighted by Crippen LogP contribution is 2.20. The summed E-state index contributed by atoms with van der Waals surface area (Å²) in [6.45, 7) is 0.598. The Morgan fingerprint density at radius 3 is 2.85 bits per heavy atom. The van der Waals surface area contributed by atoms with E-state index in [2.05, 4.69) is 15.7 Å². The number of nitrogens with two attached hydrogens (primary N) is 1. The number of rotatable bonds is 4. The van der Waals surface area contributed by atoms with Gasteiger partial charge < -0.3 is 10.1 Å². The van der Waals surface area contributed by atoms with Gasteiger partial charge in [-0.25, -0.2) is 10.8 Å². The first-order valence-electron chi connectivity index (χ1n) is 7.21. The normalized spacial score (nSPS) is 17.0. The maximum Gasteiger partial charge on any atom is 0.210 e. The predicted molar refractivity (Wildman–Crippen MR) is 82.4 cm³/mol. The molecule has 1 aromatic rings. The molecule has 1 aliphatic rings. The molecule has 0 aliphatic heterocycles. The van der Waals surface area contributed by atoms with Crippen LogP contribution >= 0.6 is 0 Å². The lowest BCUT2D eigenvalue weighted by Gasteiger charge is -2.19. The van der Waals surface area contributed by atoms with Crippen LogP contribution in [-0.2, 0) is 11.3 Å². The second-order valence-corrected chi connectivity index (χ2v) is 5.17. The second kappa shape index (κ2) is 7.87. The molecule has 0 spiro atoms. The molecule has 2 rings (SSSR count). The third kappa shape index (κ3) is 4.51. The number of nitrogens with zero attached hydrogens (tertiary/aromatic N) is 1. The maximum atomic E-state index is 5.57. The molecule has 5 heteroatoms. The van der Waals surface area contributed by atoms with Crippen LogP contribution in [0, 0.1) is 0 Å². The molecule has 0 radical (unpaired) electrons. The SMILES string of the molecule is COCc1cccc(NC(=NC2CCCCC2)NN)c1. The number of benzene rings is 1. The van der Waals surface area contributed by atoms with E-state index in [4.69, 9.17) is 10.6 Å². The van der Waals surface area contributed by atoms with E-state index in [-0.39, 0.29) is 0 Å². The van der Waals surface area contributed by atoms with Crippen molar-refractivity contribution in [2.75, 3.05) is 12.4 Å². The van der Waals surface area contributed by atoms with Crippen LogP contribution < -0.4 is 16.6 Å². The predicted octanol–water partition coefficient (Wildman–Crippen LogP) is 2.40. The topological polar surface area (TPSA) is 71.7 Å². The molecular weight excluding hydrogens is 252 g/mol. The Bertz CT molecular complexity index is 441. The van der Waals surface area contributed by atoms with E-state index in [0.717, 1.165) is 24.1 Å². The van der Waals surface area contributed by atoms with Gasteiger partial charge in [0.05, 0.1) is 12.6 Å². The third-order valence-electron chi connectivity index (χ3n) is 3.52. The van der Waals surface area contributed by atoms with Gasteiger partial charge >= 0.3 is 0 Å². The van der Waals surface area contributed by atoms with Gasteiger partial charge in [-0.05, 0) is 30.5 Å². The summed E-state index contributed by atoms with van der Waals surface area (Å²) in [7, 11) is 1.69. The number of hydrazine groups is 1. The van der Waals surface area contributed by atoms with Crippen molar-refractivity contribution in [2.45, 2.75) is 44.8 Å². The van der Waals surface area contributed by atoms with Crippen molar-refractivity contribution >= 4 is 11.6 Å². The first kappa shape index (κ1) is 14.8. The highest BCUT2D eigenvalue weighted by Gasteiger charge is 2.13. The van der Waals surface area contributed by atoms with Gasteiger partial charge in [0.15, 0.2) is 0 Å². The lowest BCUT2D eigenvalue weighted by Crippen LogP contribution is -2.37. The van der Waals surface area contributed by atoms with Gasteiger partial charge in [-0.15, -0.1) is 0 Å². The van der Waals surface area contributed by atoms with Gasteiger partial charge in [-0.1, -0.05) is 31.4 Å². The van der Waals surface area contributed by atoms with Gasteiger partial charge in [0.25, 0.3) is 0 Å². The molecule has 1 saturated carbocycles. The van der Waals surface area contributed by atoms with Crippen molar-refractivity contribution in [1.29, 1.82) is 0 Å². The van der Waals surface area contributed by atoms with Crippen molar-refractivity contribution in [3.63, 3.8) is 0 Å². The second-order valence-electron chi connectivity index (χ2n) is 5.17. The largest absolute Gasteiger partial charge is 0.380 e. The molecule has 0 heterocycles. The van der Waals surface area contributed by atoms with Crippen LogP contribution in [0.1, 0.15) is 37.7 Å². The van der Waals surface area contributed by atoms with Crippen molar-refractivity contribution in [1.82, 2.24) is 5.43 Å². The van der Waals surface area contributed by atoms with E-state index < -0.39 is 0 Å². The van der Waals surface area contributed by atoms with Gasteiger partial charge in [0, 0.05) is 12.8 Å². The molecule has 20 heavy (non-hydrogen) atoms. The summed E-state index contributed by atoms with van der Waals surface area (Å²) < 4.78 is 5.14. The monoisotopic (exact) mass is 276 g/mol. The maximum absolute atomic E-state index is 5.57. The highest BCUT2D eigenvalue weighted by atomic mass is 16.5. The Labute approximate surface area is 120 Å². The molecule has 0 aromatic heterocycles. The number of nitrogens with one attached hydrogen (secondary N) is 2. The van der Waals surface area contributed by atoms with Crippen molar-refractivity contribution in [2.24, 2.45) is 10.8 Å². The fourth-order valence-corrected chi connectivity index (χ4v) is 2.54. The minimum Gasteiger partial charge on any atom is -0.380 e. The quantitative estimate of drug-likeness (QED) is 0.342. The summed E-state index contributed by atoms with van der Waals surface area (Å²) >= 11 is 0. The van der Waals surface area contributed by atoms with Crippen LogP contribution in [0.2, 0.25) is 0 Å². The summed E-state index contributed by atoms with van der Waals surface area (Å²) in [5, 5.41) is 3.23. The molecule has 4 N–H and O–H groups in total.